The van der Waals surface area contributed by atoms with Crippen molar-refractivity contribution >= 4 is 64.8 Å². The van der Waals surface area contributed by atoms with Crippen LogP contribution in [-0.4, -0.2) is 4.98 Å². The van der Waals surface area contributed by atoms with Gasteiger partial charge >= 0.3 is 0 Å². The van der Waals surface area contributed by atoms with E-state index >= 15 is 0 Å². The first-order valence-corrected chi connectivity index (χ1v) is 20.0. The number of hydrogen-bond donors (Lipinski definition) is 0. The third-order valence-electron chi connectivity index (χ3n) is 12.2. The van der Waals surface area contributed by atoms with Gasteiger partial charge in [-0.05, 0) is 117 Å². The number of benzene rings is 11. The molecular weight excluding hydrogens is 699 g/mol. The zero-order valence-electron chi connectivity index (χ0n) is 31.7. The maximum atomic E-state index is 5.33. The Hall–Kier alpha value is -7.61. The second kappa shape index (κ2) is 13.0. The van der Waals surface area contributed by atoms with Gasteiger partial charge in [-0.15, -0.1) is 0 Å². The van der Waals surface area contributed by atoms with E-state index in [1.807, 2.05) is 0 Å². The van der Waals surface area contributed by atoms with Gasteiger partial charge in [0.15, 0.2) is 0 Å². The Labute approximate surface area is 336 Å². The molecule has 1 aromatic heterocycles. The molecule has 0 aliphatic heterocycles. The van der Waals surface area contributed by atoms with Crippen molar-refractivity contribution in [3.05, 3.63) is 212 Å². The highest BCUT2D eigenvalue weighted by Gasteiger charge is 2.21. The van der Waals surface area contributed by atoms with E-state index in [1.54, 1.807) is 0 Å². The van der Waals surface area contributed by atoms with E-state index in [0.717, 1.165) is 22.2 Å². The maximum Gasteiger partial charge on any atom is 0.0722 e. The number of pyridine rings is 1. The molecule has 1 nitrogen and oxygen atoms in total. The van der Waals surface area contributed by atoms with Crippen LogP contribution in [-0.2, 0) is 0 Å². The Balaban J connectivity index is 1.08. The summed E-state index contributed by atoms with van der Waals surface area (Å²) in [6.45, 7) is 0. The summed E-state index contributed by atoms with van der Waals surface area (Å²) in [6.07, 6.45) is 0. The summed E-state index contributed by atoms with van der Waals surface area (Å²) in [7, 11) is 0. The maximum absolute atomic E-state index is 5.33. The van der Waals surface area contributed by atoms with Crippen LogP contribution in [0.3, 0.4) is 0 Å². The van der Waals surface area contributed by atoms with Crippen LogP contribution < -0.4 is 0 Å². The van der Waals surface area contributed by atoms with E-state index in [2.05, 4.69) is 212 Å². The van der Waals surface area contributed by atoms with E-state index < -0.39 is 0 Å². The van der Waals surface area contributed by atoms with Gasteiger partial charge in [-0.3, -0.25) is 0 Å². The van der Waals surface area contributed by atoms with Crippen molar-refractivity contribution in [3.63, 3.8) is 0 Å². The second-order valence-electron chi connectivity index (χ2n) is 15.4. The number of para-hydroxylation sites is 1. The molecule has 0 aliphatic rings. The predicted octanol–water partition coefficient (Wildman–Crippen LogP) is 15.8. The first-order valence-electron chi connectivity index (χ1n) is 20.0. The topological polar surface area (TPSA) is 12.9 Å². The van der Waals surface area contributed by atoms with Gasteiger partial charge in [-0.25, -0.2) is 4.98 Å². The summed E-state index contributed by atoms with van der Waals surface area (Å²) >= 11 is 0. The molecule has 12 aromatic rings. The molecule has 268 valence electrons. The predicted molar refractivity (Wildman–Crippen MR) is 248 cm³/mol. The molecule has 0 spiro atoms. The normalized spacial score (nSPS) is 11.8. The van der Waals surface area contributed by atoms with Crippen molar-refractivity contribution < 1.29 is 0 Å². The minimum absolute atomic E-state index is 0.964. The van der Waals surface area contributed by atoms with Gasteiger partial charge in [-0.2, -0.15) is 0 Å². The van der Waals surface area contributed by atoms with E-state index in [4.69, 9.17) is 4.98 Å². The largest absolute Gasteiger partial charge is 0.248 e. The van der Waals surface area contributed by atoms with Crippen molar-refractivity contribution in [2.75, 3.05) is 0 Å². The summed E-state index contributed by atoms with van der Waals surface area (Å²) in [5.74, 6) is 0. The molecule has 1 heteroatoms. The van der Waals surface area contributed by atoms with Crippen LogP contribution in [0.15, 0.2) is 212 Å². The molecular formula is C57H35N. The zero-order valence-corrected chi connectivity index (χ0v) is 31.7. The average Bonchev–Trinajstić information content (AvgIpc) is 3.30. The molecule has 0 fully saturated rings. The Morgan fingerprint density at radius 1 is 0.259 bits per heavy atom. The first kappa shape index (κ1) is 32.6. The highest BCUT2D eigenvalue weighted by molar-refractivity contribution is 6.26. The molecule has 0 saturated carbocycles. The zero-order chi connectivity index (χ0) is 38.2. The van der Waals surface area contributed by atoms with E-state index in [-0.39, 0.29) is 0 Å². The van der Waals surface area contributed by atoms with Crippen LogP contribution in [0.4, 0.5) is 0 Å². The lowest BCUT2D eigenvalue weighted by Crippen LogP contribution is -1.95. The summed E-state index contributed by atoms with van der Waals surface area (Å²) in [4.78, 5) is 5.33. The molecule has 0 amide bonds. The molecule has 0 saturated heterocycles. The van der Waals surface area contributed by atoms with Crippen molar-refractivity contribution in [1.29, 1.82) is 0 Å². The quantitative estimate of drug-likeness (QED) is 0.127. The molecule has 11 aromatic carbocycles. The van der Waals surface area contributed by atoms with Crippen LogP contribution in [0.2, 0.25) is 0 Å². The molecule has 0 unspecified atom stereocenters. The fraction of sp³-hybridized carbons (Fsp3) is 0. The lowest BCUT2D eigenvalue weighted by Gasteiger charge is -2.20. The highest BCUT2D eigenvalue weighted by atomic mass is 14.7. The second-order valence-corrected chi connectivity index (χ2v) is 15.4. The van der Waals surface area contributed by atoms with Crippen LogP contribution in [0.5, 0.6) is 0 Å². The number of fused-ring (bicyclic) bond motifs is 3. The van der Waals surface area contributed by atoms with Crippen molar-refractivity contribution in [2.45, 2.75) is 0 Å². The monoisotopic (exact) mass is 733 g/mol. The van der Waals surface area contributed by atoms with Crippen LogP contribution in [0.1, 0.15) is 0 Å². The molecule has 0 bridgehead atoms. The minimum atomic E-state index is 0.964. The molecule has 1 heterocycles. The first-order chi connectivity index (χ1) is 28.8. The number of aromatic nitrogens is 1. The Morgan fingerprint density at radius 2 is 0.793 bits per heavy atom. The van der Waals surface area contributed by atoms with Gasteiger partial charge in [0.05, 0.1) is 11.2 Å². The van der Waals surface area contributed by atoms with E-state index in [9.17, 15) is 0 Å². The molecule has 58 heavy (non-hydrogen) atoms. The SMILES string of the molecule is c1ccc(-c2cc(-c3ccccc3-c3c4ccccc4c(-c4cccc(-c5ccc6ccc7cccc8ccc5c6c78)c4)c4ccccc34)nc3ccccc23)cc1. The lowest BCUT2D eigenvalue weighted by atomic mass is 9.83. The van der Waals surface area contributed by atoms with Crippen molar-refractivity contribution in [1.82, 2.24) is 4.98 Å². The highest BCUT2D eigenvalue weighted by Crippen LogP contribution is 2.47. The Morgan fingerprint density at radius 3 is 1.53 bits per heavy atom. The van der Waals surface area contributed by atoms with Gasteiger partial charge in [0.1, 0.15) is 0 Å². The molecule has 0 aliphatic carbocycles. The van der Waals surface area contributed by atoms with Crippen LogP contribution >= 0.6 is 0 Å². The van der Waals surface area contributed by atoms with Gasteiger partial charge < -0.3 is 0 Å². The average molecular weight is 734 g/mol. The summed E-state index contributed by atoms with van der Waals surface area (Å²) in [6, 6.07) is 77.7. The molecule has 0 radical (unpaired) electrons. The summed E-state index contributed by atoms with van der Waals surface area (Å²) in [5.41, 5.74) is 12.8. The van der Waals surface area contributed by atoms with E-state index in [0.29, 0.717) is 0 Å². The Bertz CT molecular complexity index is 3490. The van der Waals surface area contributed by atoms with Crippen LogP contribution in [0, 0.1) is 0 Å². The summed E-state index contributed by atoms with van der Waals surface area (Å²) < 4.78 is 0. The van der Waals surface area contributed by atoms with Crippen molar-refractivity contribution in [2.24, 2.45) is 0 Å². The van der Waals surface area contributed by atoms with Crippen LogP contribution in [0.25, 0.3) is 121 Å². The summed E-state index contributed by atoms with van der Waals surface area (Å²) in [5, 5.41) is 13.9. The minimum Gasteiger partial charge on any atom is -0.248 e. The third kappa shape index (κ3) is 5.00. The van der Waals surface area contributed by atoms with E-state index in [1.165, 1.54) is 98.4 Å². The Kier molecular flexibility index (Phi) is 7.30. The third-order valence-corrected chi connectivity index (χ3v) is 12.2. The molecule has 12 rings (SSSR count). The number of rotatable bonds is 5. The van der Waals surface area contributed by atoms with Gasteiger partial charge in [0.2, 0.25) is 0 Å². The smallest absolute Gasteiger partial charge is 0.0722 e. The van der Waals surface area contributed by atoms with Gasteiger partial charge in [0.25, 0.3) is 0 Å². The van der Waals surface area contributed by atoms with Gasteiger partial charge in [0, 0.05) is 10.9 Å². The van der Waals surface area contributed by atoms with Gasteiger partial charge in [-0.1, -0.05) is 194 Å². The molecule has 0 N–H and O–H groups in total. The lowest BCUT2D eigenvalue weighted by molar-refractivity contribution is 1.40. The van der Waals surface area contributed by atoms with Crippen molar-refractivity contribution in [3.8, 4) is 55.8 Å². The molecule has 0 atom stereocenters. The fourth-order valence-corrected chi connectivity index (χ4v) is 9.65. The fourth-order valence-electron chi connectivity index (χ4n) is 9.65. The standard InChI is InChI=1S/C57H35N/c1-2-14-36(15-3-1)51-35-53(58-52-27-11-10-21-44(51)52)43-20-4-5-22-45(43)57-48-25-8-6-23-46(48)55(47-24-7-9-26-49(47)57)41-19-13-18-40(34-41)42-32-30-39-29-28-37-16-12-17-38-31-33-50(42)56(39)54(37)38/h1-35H. The number of nitrogens with zero attached hydrogens (tertiary/aromatic N) is 1. The number of hydrogen-bond acceptors (Lipinski definition) is 1.